The third-order valence-corrected chi connectivity index (χ3v) is 6.93. The average molecular weight is 540 g/mol. The van der Waals surface area contributed by atoms with E-state index >= 15 is 0 Å². The molecule has 0 aromatic heterocycles. The Balaban J connectivity index is 2.26. The number of benzene rings is 2. The fourth-order valence-corrected chi connectivity index (χ4v) is 4.95. The first kappa shape index (κ1) is 25.1. The summed E-state index contributed by atoms with van der Waals surface area (Å²) in [6, 6.07) is 9.24. The van der Waals surface area contributed by atoms with Gasteiger partial charge in [-0.15, -0.1) is 6.58 Å². The van der Waals surface area contributed by atoms with Crippen molar-refractivity contribution in [3.05, 3.63) is 75.5 Å². The van der Waals surface area contributed by atoms with Crippen molar-refractivity contribution in [3.63, 3.8) is 0 Å². The highest BCUT2D eigenvalue weighted by Gasteiger charge is 2.55. The number of anilines is 1. The van der Waals surface area contributed by atoms with Gasteiger partial charge in [0.05, 0.1) is 16.8 Å². The molecule has 6 nitrogen and oxygen atoms in total. The minimum absolute atomic E-state index is 0.132. The minimum atomic E-state index is -1.32. The van der Waals surface area contributed by atoms with Crippen LogP contribution in [0.1, 0.15) is 38.3 Å². The van der Waals surface area contributed by atoms with E-state index in [1.54, 1.807) is 57.2 Å². The molecule has 1 aliphatic heterocycles. The third kappa shape index (κ3) is 4.73. The number of rotatable bonds is 5. The molecule has 0 fully saturated rings. The first-order valence-electron chi connectivity index (χ1n) is 10.3. The number of ether oxygens (including phenoxy) is 1. The summed E-state index contributed by atoms with van der Waals surface area (Å²) in [5.41, 5.74) is -0.781. The second-order valence-corrected chi connectivity index (χ2v) is 9.96. The minimum Gasteiger partial charge on any atom is -0.465 e. The molecule has 3 rings (SSSR count). The lowest BCUT2D eigenvalue weighted by atomic mass is 9.78. The van der Waals surface area contributed by atoms with Crippen molar-refractivity contribution in [2.45, 2.75) is 50.8 Å². The van der Waals surface area contributed by atoms with E-state index in [1.807, 2.05) is 0 Å². The molecule has 2 N–H and O–H groups in total. The molecule has 9 heteroatoms. The molecular weight excluding hydrogens is 515 g/mol. The molecule has 0 aliphatic carbocycles. The van der Waals surface area contributed by atoms with Crippen molar-refractivity contribution >= 4 is 45.4 Å². The highest BCUT2D eigenvalue weighted by Crippen LogP contribution is 2.52. The Morgan fingerprint density at radius 1 is 1.39 bits per heavy atom. The van der Waals surface area contributed by atoms with Gasteiger partial charge in [0.25, 0.3) is 0 Å². The summed E-state index contributed by atoms with van der Waals surface area (Å²) in [5.74, 6) is -0.752. The Kier molecular flexibility index (Phi) is 7.10. The van der Waals surface area contributed by atoms with Gasteiger partial charge in [-0.3, -0.25) is 4.90 Å². The van der Waals surface area contributed by atoms with Crippen LogP contribution in [0.3, 0.4) is 0 Å². The Labute approximate surface area is 205 Å². The molecule has 2 amide bonds. The number of nitrogens with one attached hydrogen (secondary N) is 1. The lowest BCUT2D eigenvalue weighted by Gasteiger charge is -2.43. The zero-order chi connectivity index (χ0) is 24.6. The van der Waals surface area contributed by atoms with E-state index < -0.39 is 35.2 Å². The van der Waals surface area contributed by atoms with E-state index in [0.717, 1.165) is 11.0 Å². The molecule has 1 heterocycles. The zero-order valence-electron chi connectivity index (χ0n) is 18.5. The molecule has 176 valence electrons. The van der Waals surface area contributed by atoms with Crippen LogP contribution in [0.4, 0.5) is 19.7 Å². The Bertz CT molecular complexity index is 1090. The van der Waals surface area contributed by atoms with Crippen LogP contribution in [0, 0.1) is 5.82 Å². The molecule has 1 aliphatic rings. The number of hydrogen-bond donors (Lipinski definition) is 2. The topological polar surface area (TPSA) is 78.9 Å². The molecule has 2 atom stereocenters. The van der Waals surface area contributed by atoms with Crippen molar-refractivity contribution in [3.8, 4) is 0 Å². The number of nitrogens with zero attached hydrogens (tertiary/aromatic N) is 1. The van der Waals surface area contributed by atoms with Gasteiger partial charge in [0.15, 0.2) is 0 Å². The van der Waals surface area contributed by atoms with Gasteiger partial charge in [-0.2, -0.15) is 0 Å². The molecule has 2 aromatic rings. The van der Waals surface area contributed by atoms with Crippen LogP contribution in [0.2, 0.25) is 5.02 Å². The van der Waals surface area contributed by atoms with Crippen molar-refractivity contribution in [2.24, 2.45) is 0 Å². The number of carbonyl (C=O) groups excluding carboxylic acids is 1. The summed E-state index contributed by atoms with van der Waals surface area (Å²) >= 11 is 9.47. The van der Waals surface area contributed by atoms with Gasteiger partial charge in [-0.1, -0.05) is 48.0 Å². The molecule has 33 heavy (non-hydrogen) atoms. The number of hydrogen-bond acceptors (Lipinski definition) is 3. The van der Waals surface area contributed by atoms with E-state index in [0.29, 0.717) is 11.1 Å². The lowest BCUT2D eigenvalue weighted by Crippen LogP contribution is -2.61. The first-order valence-corrected chi connectivity index (χ1v) is 11.4. The van der Waals surface area contributed by atoms with Crippen molar-refractivity contribution in [1.82, 2.24) is 5.32 Å². The van der Waals surface area contributed by atoms with Gasteiger partial charge >= 0.3 is 12.2 Å². The summed E-state index contributed by atoms with van der Waals surface area (Å²) in [5, 5.41) is 13.0. The number of carbonyl (C=O) groups is 2. The van der Waals surface area contributed by atoms with E-state index in [4.69, 9.17) is 16.3 Å². The normalized spacial score (nSPS) is 18.4. The number of fused-ring (bicyclic) bond motifs is 1. The molecular formula is C24H25BrClFN2O4. The fourth-order valence-electron chi connectivity index (χ4n) is 4.25. The Hall–Kier alpha value is -2.58. The first-order chi connectivity index (χ1) is 15.4. The van der Waals surface area contributed by atoms with E-state index in [-0.39, 0.29) is 28.0 Å². The van der Waals surface area contributed by atoms with E-state index in [9.17, 15) is 19.1 Å². The molecule has 0 spiro atoms. The van der Waals surface area contributed by atoms with Gasteiger partial charge in [0, 0.05) is 10.9 Å². The summed E-state index contributed by atoms with van der Waals surface area (Å²) in [7, 11) is 0. The van der Waals surface area contributed by atoms with Crippen LogP contribution in [-0.4, -0.2) is 28.9 Å². The maximum absolute atomic E-state index is 14.6. The van der Waals surface area contributed by atoms with Gasteiger partial charge in [-0.05, 0) is 60.3 Å². The van der Waals surface area contributed by atoms with Gasteiger partial charge in [0.1, 0.15) is 17.0 Å². The van der Waals surface area contributed by atoms with Crippen LogP contribution in [0.15, 0.2) is 53.5 Å². The van der Waals surface area contributed by atoms with Gasteiger partial charge < -0.3 is 15.2 Å². The zero-order valence-corrected chi connectivity index (χ0v) is 20.8. The molecule has 2 aromatic carbocycles. The maximum Gasteiger partial charge on any atom is 0.412 e. The SMILES string of the molecule is C=CCC(NC(=O)OC(C)(C)C)[C@@]1(c2ccccc2)Cc2c(cc(F)c(Cl)c2Br)N1C(=O)O. The largest absolute Gasteiger partial charge is 0.465 e. The van der Waals surface area contributed by atoms with Crippen LogP contribution in [0.5, 0.6) is 0 Å². The predicted octanol–water partition coefficient (Wildman–Crippen LogP) is 6.65. The number of alkyl carbamates (subject to hydrolysis) is 1. The van der Waals surface area contributed by atoms with Crippen LogP contribution >= 0.6 is 27.5 Å². The average Bonchev–Trinajstić information content (AvgIpc) is 3.07. The Morgan fingerprint density at radius 3 is 2.58 bits per heavy atom. The number of amides is 2. The molecule has 0 saturated carbocycles. The quantitative estimate of drug-likeness (QED) is 0.329. The highest BCUT2D eigenvalue weighted by molar-refractivity contribution is 9.10. The molecule has 0 bridgehead atoms. The van der Waals surface area contributed by atoms with Crippen molar-refractivity contribution in [1.29, 1.82) is 0 Å². The van der Waals surface area contributed by atoms with Crippen LogP contribution in [-0.2, 0) is 16.7 Å². The predicted molar refractivity (Wildman–Crippen MR) is 129 cm³/mol. The van der Waals surface area contributed by atoms with E-state index in [1.165, 1.54) is 0 Å². The van der Waals surface area contributed by atoms with Crippen molar-refractivity contribution < 1.29 is 23.8 Å². The highest BCUT2D eigenvalue weighted by atomic mass is 79.9. The monoisotopic (exact) mass is 538 g/mol. The molecule has 1 unspecified atom stereocenters. The summed E-state index contributed by atoms with van der Waals surface area (Å²) < 4.78 is 20.3. The second-order valence-electron chi connectivity index (χ2n) is 8.79. The molecule has 0 radical (unpaired) electrons. The standard InChI is InChI=1S/C24H25BrClFN2O4/c1-5-9-18(28-21(30)33-23(2,3)4)24(14-10-7-6-8-11-14)13-15-17(29(24)22(31)32)12-16(27)20(26)19(15)25/h5-8,10-12,18H,1,9,13H2,2-4H3,(H,28,30)(H,31,32)/t18?,24-/m0/s1. The second kappa shape index (κ2) is 9.35. The summed E-state index contributed by atoms with van der Waals surface area (Å²) in [6.45, 7) is 9.00. The Morgan fingerprint density at radius 2 is 2.03 bits per heavy atom. The van der Waals surface area contributed by atoms with E-state index in [2.05, 4.69) is 27.8 Å². The number of carboxylic acid groups (broad SMARTS) is 1. The third-order valence-electron chi connectivity index (χ3n) is 5.46. The van der Waals surface area contributed by atoms with Crippen molar-refractivity contribution in [2.75, 3.05) is 4.90 Å². The van der Waals surface area contributed by atoms with Gasteiger partial charge in [0.2, 0.25) is 0 Å². The summed E-state index contributed by atoms with van der Waals surface area (Å²) in [4.78, 5) is 26.5. The van der Waals surface area contributed by atoms with Crippen LogP contribution in [0.25, 0.3) is 0 Å². The summed E-state index contributed by atoms with van der Waals surface area (Å²) in [6.07, 6.45) is -0.0495. The molecule has 0 saturated heterocycles. The lowest BCUT2D eigenvalue weighted by molar-refractivity contribution is 0.0474. The van der Waals surface area contributed by atoms with Crippen LogP contribution < -0.4 is 10.2 Å². The smallest absolute Gasteiger partial charge is 0.412 e. The fraction of sp³-hybridized carbons (Fsp3) is 0.333. The number of halogens is 3. The van der Waals surface area contributed by atoms with Gasteiger partial charge in [-0.25, -0.2) is 14.0 Å². The maximum atomic E-state index is 14.6.